The fraction of sp³-hybridized carbons (Fsp3) is 0.571. The van der Waals surface area contributed by atoms with E-state index in [0.717, 1.165) is 61.8 Å². The Kier molecular flexibility index (Phi) is 5.41. The Labute approximate surface area is 160 Å². The van der Waals surface area contributed by atoms with Crippen molar-refractivity contribution in [3.8, 4) is 0 Å². The lowest BCUT2D eigenvalue weighted by Gasteiger charge is -2.35. The van der Waals surface area contributed by atoms with E-state index in [2.05, 4.69) is 26.5 Å². The van der Waals surface area contributed by atoms with Gasteiger partial charge in [-0.25, -0.2) is 4.98 Å². The first-order valence-electron chi connectivity index (χ1n) is 10.2. The van der Waals surface area contributed by atoms with Crippen molar-refractivity contribution in [1.29, 1.82) is 0 Å². The van der Waals surface area contributed by atoms with Crippen molar-refractivity contribution in [2.45, 2.75) is 57.8 Å². The molecule has 1 saturated heterocycles. The monoisotopic (exact) mass is 367 g/mol. The SMILES string of the molecule is Cc1cc(Nc2cccc(C3CCCN(C(=O)C4CCCCC4)C3)n2)n[nH]1. The highest BCUT2D eigenvalue weighted by Gasteiger charge is 2.30. The molecule has 4 rings (SSSR count). The van der Waals surface area contributed by atoms with Crippen LogP contribution in [0.5, 0.6) is 0 Å². The van der Waals surface area contributed by atoms with Crippen LogP contribution < -0.4 is 5.32 Å². The minimum absolute atomic E-state index is 0.251. The largest absolute Gasteiger partial charge is 0.342 e. The molecule has 2 aliphatic rings. The van der Waals surface area contributed by atoms with Gasteiger partial charge in [-0.15, -0.1) is 0 Å². The molecule has 1 amide bonds. The summed E-state index contributed by atoms with van der Waals surface area (Å²) in [4.78, 5) is 19.8. The quantitative estimate of drug-likeness (QED) is 0.852. The van der Waals surface area contributed by atoms with Crippen LogP contribution >= 0.6 is 0 Å². The van der Waals surface area contributed by atoms with E-state index < -0.39 is 0 Å². The third-order valence-electron chi connectivity index (χ3n) is 5.84. The third kappa shape index (κ3) is 4.31. The fourth-order valence-corrected chi connectivity index (χ4v) is 4.39. The molecule has 2 N–H and O–H groups in total. The van der Waals surface area contributed by atoms with Gasteiger partial charge in [-0.2, -0.15) is 5.10 Å². The number of likely N-dealkylation sites (tertiary alicyclic amines) is 1. The highest BCUT2D eigenvalue weighted by atomic mass is 16.2. The summed E-state index contributed by atoms with van der Waals surface area (Å²) in [6.45, 7) is 3.67. The zero-order valence-corrected chi connectivity index (χ0v) is 16.1. The van der Waals surface area contributed by atoms with E-state index in [1.807, 2.05) is 25.1 Å². The van der Waals surface area contributed by atoms with Crippen LogP contribution in [-0.2, 0) is 4.79 Å². The molecule has 1 atom stereocenters. The molecule has 2 fully saturated rings. The first-order chi connectivity index (χ1) is 13.2. The summed E-state index contributed by atoms with van der Waals surface area (Å²) in [5.41, 5.74) is 2.08. The van der Waals surface area contributed by atoms with Crippen LogP contribution in [0.2, 0.25) is 0 Å². The second-order valence-electron chi connectivity index (χ2n) is 7.97. The highest BCUT2D eigenvalue weighted by Crippen LogP contribution is 2.31. The molecule has 1 aliphatic carbocycles. The molecular weight excluding hydrogens is 338 g/mol. The van der Waals surface area contributed by atoms with Crippen molar-refractivity contribution in [3.05, 3.63) is 35.7 Å². The molecular formula is C21H29N5O. The molecule has 1 saturated carbocycles. The zero-order valence-electron chi connectivity index (χ0n) is 16.1. The van der Waals surface area contributed by atoms with Gasteiger partial charge in [0.15, 0.2) is 5.82 Å². The molecule has 6 nitrogen and oxygen atoms in total. The van der Waals surface area contributed by atoms with Gasteiger partial charge in [0.05, 0.1) is 0 Å². The van der Waals surface area contributed by atoms with E-state index in [0.29, 0.717) is 11.8 Å². The molecule has 2 aromatic rings. The van der Waals surface area contributed by atoms with Crippen LogP contribution in [0.15, 0.2) is 24.3 Å². The van der Waals surface area contributed by atoms with Gasteiger partial charge in [0.1, 0.15) is 5.82 Å². The smallest absolute Gasteiger partial charge is 0.225 e. The molecule has 27 heavy (non-hydrogen) atoms. The number of carbonyl (C=O) groups is 1. The van der Waals surface area contributed by atoms with Crippen molar-refractivity contribution < 1.29 is 4.79 Å². The van der Waals surface area contributed by atoms with Gasteiger partial charge in [0, 0.05) is 42.4 Å². The van der Waals surface area contributed by atoms with Crippen molar-refractivity contribution in [2.75, 3.05) is 18.4 Å². The number of nitrogens with one attached hydrogen (secondary N) is 2. The van der Waals surface area contributed by atoms with E-state index in [4.69, 9.17) is 4.98 Å². The summed E-state index contributed by atoms with van der Waals surface area (Å²) < 4.78 is 0. The Balaban J connectivity index is 1.43. The summed E-state index contributed by atoms with van der Waals surface area (Å²) >= 11 is 0. The van der Waals surface area contributed by atoms with Gasteiger partial charge in [-0.1, -0.05) is 25.3 Å². The van der Waals surface area contributed by atoms with E-state index in [-0.39, 0.29) is 5.92 Å². The Bertz CT molecular complexity index is 780. The lowest BCUT2D eigenvalue weighted by molar-refractivity contribution is -0.137. The molecule has 3 heterocycles. The molecule has 0 aromatic carbocycles. The summed E-state index contributed by atoms with van der Waals surface area (Å²) in [5, 5.41) is 10.4. The molecule has 0 radical (unpaired) electrons. The molecule has 1 unspecified atom stereocenters. The van der Waals surface area contributed by atoms with Gasteiger partial charge in [-0.3, -0.25) is 9.89 Å². The summed E-state index contributed by atoms with van der Waals surface area (Å²) in [6, 6.07) is 8.03. The Hall–Kier alpha value is -2.37. The molecule has 2 aromatic heterocycles. The number of piperidine rings is 1. The maximum atomic E-state index is 12.9. The van der Waals surface area contributed by atoms with Crippen LogP contribution in [0.3, 0.4) is 0 Å². The van der Waals surface area contributed by atoms with E-state index >= 15 is 0 Å². The maximum Gasteiger partial charge on any atom is 0.225 e. The summed E-state index contributed by atoms with van der Waals surface area (Å²) in [5.74, 6) is 2.51. The average molecular weight is 367 g/mol. The van der Waals surface area contributed by atoms with Crippen LogP contribution in [0, 0.1) is 12.8 Å². The van der Waals surface area contributed by atoms with E-state index in [1.165, 1.54) is 19.3 Å². The van der Waals surface area contributed by atoms with E-state index in [1.54, 1.807) is 0 Å². The van der Waals surface area contributed by atoms with Gasteiger partial charge in [0.25, 0.3) is 0 Å². The predicted octanol–water partition coefficient (Wildman–Crippen LogP) is 4.14. The fourth-order valence-electron chi connectivity index (χ4n) is 4.39. The minimum atomic E-state index is 0.251. The van der Waals surface area contributed by atoms with Gasteiger partial charge >= 0.3 is 0 Å². The number of pyridine rings is 1. The predicted molar refractivity (Wildman–Crippen MR) is 106 cm³/mol. The van der Waals surface area contributed by atoms with Crippen LogP contribution in [-0.4, -0.2) is 39.1 Å². The Morgan fingerprint density at radius 2 is 2.00 bits per heavy atom. The number of aryl methyl sites for hydroxylation is 1. The topological polar surface area (TPSA) is 73.9 Å². The zero-order chi connectivity index (χ0) is 18.6. The van der Waals surface area contributed by atoms with E-state index in [9.17, 15) is 4.79 Å². The highest BCUT2D eigenvalue weighted by molar-refractivity contribution is 5.79. The second-order valence-corrected chi connectivity index (χ2v) is 7.97. The lowest BCUT2D eigenvalue weighted by atomic mass is 9.86. The third-order valence-corrected chi connectivity index (χ3v) is 5.84. The molecule has 1 aliphatic heterocycles. The number of hydrogen-bond acceptors (Lipinski definition) is 4. The van der Waals surface area contributed by atoms with Crippen LogP contribution in [0.1, 0.15) is 62.3 Å². The molecule has 0 bridgehead atoms. The number of hydrogen-bond donors (Lipinski definition) is 2. The standard InChI is InChI=1S/C21H29N5O/c1-15-13-20(25-24-15)23-19-11-5-10-18(22-19)17-9-6-12-26(14-17)21(27)16-7-3-2-4-8-16/h5,10-11,13,16-17H,2-4,6-9,12,14H2,1H3,(H2,22,23,24,25). The number of rotatable bonds is 4. The number of nitrogens with zero attached hydrogens (tertiary/aromatic N) is 3. The second kappa shape index (κ2) is 8.11. The van der Waals surface area contributed by atoms with Crippen LogP contribution in [0.25, 0.3) is 0 Å². The number of H-pyrrole nitrogens is 1. The van der Waals surface area contributed by atoms with Gasteiger partial charge < -0.3 is 10.2 Å². The summed E-state index contributed by atoms with van der Waals surface area (Å²) in [6.07, 6.45) is 7.98. The molecule has 144 valence electrons. The number of aromatic amines is 1. The minimum Gasteiger partial charge on any atom is -0.342 e. The number of carbonyl (C=O) groups excluding carboxylic acids is 1. The van der Waals surface area contributed by atoms with Crippen molar-refractivity contribution in [1.82, 2.24) is 20.1 Å². The Morgan fingerprint density at radius 1 is 1.15 bits per heavy atom. The maximum absolute atomic E-state index is 12.9. The van der Waals surface area contributed by atoms with Crippen molar-refractivity contribution in [2.24, 2.45) is 5.92 Å². The van der Waals surface area contributed by atoms with Crippen LogP contribution in [0.4, 0.5) is 11.6 Å². The summed E-state index contributed by atoms with van der Waals surface area (Å²) in [7, 11) is 0. The van der Waals surface area contributed by atoms with Gasteiger partial charge in [0.2, 0.25) is 5.91 Å². The average Bonchev–Trinajstić information content (AvgIpc) is 3.13. The number of anilines is 2. The number of aromatic nitrogens is 3. The van der Waals surface area contributed by atoms with Crippen molar-refractivity contribution in [3.63, 3.8) is 0 Å². The van der Waals surface area contributed by atoms with Gasteiger partial charge in [-0.05, 0) is 44.7 Å². The lowest BCUT2D eigenvalue weighted by Crippen LogP contribution is -2.43. The normalized spacial score (nSPS) is 21.2. The Morgan fingerprint density at radius 3 is 2.78 bits per heavy atom. The molecule has 6 heteroatoms. The number of amides is 1. The van der Waals surface area contributed by atoms with Crippen molar-refractivity contribution >= 4 is 17.5 Å². The molecule has 0 spiro atoms. The first-order valence-corrected chi connectivity index (χ1v) is 10.2. The first kappa shape index (κ1) is 18.0.